The molecule has 0 spiro atoms. The van der Waals surface area contributed by atoms with Crippen LogP contribution in [0.15, 0.2) is 24.3 Å². The number of amides is 1. The standard InChI is InChI=1S/C14H22N6O/c15-9-13(21)20-7-5-19(6-8-20)12-3-1-11(2-4-12)10-18-14(16)17/h1-4H,5-10,15H2,(H4,16,17,18). The molecule has 1 aliphatic heterocycles. The molecule has 114 valence electrons. The Bertz CT molecular complexity index is 493. The Morgan fingerprint density at radius 1 is 1.19 bits per heavy atom. The number of guanidine groups is 1. The Kier molecular flexibility index (Phi) is 4.99. The molecule has 0 bridgehead atoms. The average Bonchev–Trinajstić information content (AvgIpc) is 2.53. The van der Waals surface area contributed by atoms with Crippen molar-refractivity contribution < 1.29 is 4.79 Å². The summed E-state index contributed by atoms with van der Waals surface area (Å²) in [4.78, 5) is 15.6. The average molecular weight is 290 g/mol. The number of hydrogen-bond donors (Lipinski definition) is 4. The SMILES string of the molecule is N=C(N)NCc1ccc(N2CCN(C(=O)CN)CC2)cc1. The number of benzene rings is 1. The van der Waals surface area contributed by atoms with E-state index in [1.54, 1.807) is 0 Å². The van der Waals surface area contributed by atoms with Crippen LogP contribution in [0.4, 0.5) is 5.69 Å². The summed E-state index contributed by atoms with van der Waals surface area (Å²) in [7, 11) is 0. The number of carbonyl (C=O) groups is 1. The maximum Gasteiger partial charge on any atom is 0.236 e. The van der Waals surface area contributed by atoms with Gasteiger partial charge in [-0.3, -0.25) is 10.2 Å². The Balaban J connectivity index is 1.89. The molecule has 1 aliphatic rings. The molecule has 0 aromatic heterocycles. The van der Waals surface area contributed by atoms with Crippen LogP contribution >= 0.6 is 0 Å². The number of carbonyl (C=O) groups excluding carboxylic acids is 1. The van der Waals surface area contributed by atoms with Gasteiger partial charge in [-0.2, -0.15) is 0 Å². The van der Waals surface area contributed by atoms with Crippen LogP contribution in [0, 0.1) is 5.41 Å². The van der Waals surface area contributed by atoms with Crippen LogP contribution in [0.5, 0.6) is 0 Å². The van der Waals surface area contributed by atoms with E-state index >= 15 is 0 Å². The van der Waals surface area contributed by atoms with E-state index in [9.17, 15) is 4.79 Å². The predicted octanol–water partition coefficient (Wildman–Crippen LogP) is -0.723. The molecule has 1 amide bonds. The Hall–Kier alpha value is -2.28. The van der Waals surface area contributed by atoms with Crippen molar-refractivity contribution in [2.45, 2.75) is 6.54 Å². The molecule has 7 heteroatoms. The quantitative estimate of drug-likeness (QED) is 0.432. The zero-order valence-corrected chi connectivity index (χ0v) is 12.0. The van der Waals surface area contributed by atoms with Crippen LogP contribution in [0.25, 0.3) is 0 Å². The lowest BCUT2D eigenvalue weighted by atomic mass is 10.1. The highest BCUT2D eigenvalue weighted by Gasteiger charge is 2.20. The maximum absolute atomic E-state index is 11.5. The molecule has 0 radical (unpaired) electrons. The molecule has 1 saturated heterocycles. The van der Waals surface area contributed by atoms with Gasteiger partial charge in [-0.1, -0.05) is 12.1 Å². The van der Waals surface area contributed by atoms with E-state index in [0.29, 0.717) is 19.6 Å². The third-order valence-electron chi connectivity index (χ3n) is 3.59. The molecular weight excluding hydrogens is 268 g/mol. The summed E-state index contributed by atoms with van der Waals surface area (Å²) in [6, 6.07) is 8.14. The maximum atomic E-state index is 11.5. The van der Waals surface area contributed by atoms with Crippen molar-refractivity contribution in [2.24, 2.45) is 11.5 Å². The van der Waals surface area contributed by atoms with Gasteiger partial charge in [0.15, 0.2) is 5.96 Å². The van der Waals surface area contributed by atoms with Gasteiger partial charge >= 0.3 is 0 Å². The zero-order chi connectivity index (χ0) is 15.2. The summed E-state index contributed by atoms with van der Waals surface area (Å²) in [5, 5.41) is 9.91. The minimum Gasteiger partial charge on any atom is -0.370 e. The van der Waals surface area contributed by atoms with Gasteiger partial charge in [0.2, 0.25) is 5.91 Å². The van der Waals surface area contributed by atoms with Crippen molar-refractivity contribution in [3.63, 3.8) is 0 Å². The number of nitrogens with zero attached hydrogens (tertiary/aromatic N) is 2. The fourth-order valence-corrected chi connectivity index (χ4v) is 2.37. The highest BCUT2D eigenvalue weighted by Crippen LogP contribution is 2.17. The van der Waals surface area contributed by atoms with Gasteiger partial charge in [0.05, 0.1) is 6.54 Å². The van der Waals surface area contributed by atoms with Crippen LogP contribution in [-0.2, 0) is 11.3 Å². The highest BCUT2D eigenvalue weighted by atomic mass is 16.2. The Morgan fingerprint density at radius 3 is 2.33 bits per heavy atom. The summed E-state index contributed by atoms with van der Waals surface area (Å²) < 4.78 is 0. The number of hydrogen-bond acceptors (Lipinski definition) is 4. The van der Waals surface area contributed by atoms with Crippen molar-refractivity contribution in [3.05, 3.63) is 29.8 Å². The van der Waals surface area contributed by atoms with Gasteiger partial charge in [0.1, 0.15) is 0 Å². The highest BCUT2D eigenvalue weighted by molar-refractivity contribution is 5.78. The van der Waals surface area contributed by atoms with Crippen LogP contribution in [0.3, 0.4) is 0 Å². The van der Waals surface area contributed by atoms with Crippen LogP contribution in [-0.4, -0.2) is 49.5 Å². The second-order valence-electron chi connectivity index (χ2n) is 5.01. The van der Waals surface area contributed by atoms with Crippen LogP contribution in [0.1, 0.15) is 5.56 Å². The number of piperazine rings is 1. The second kappa shape index (κ2) is 6.94. The van der Waals surface area contributed by atoms with Crippen LogP contribution < -0.4 is 21.7 Å². The number of anilines is 1. The molecule has 2 rings (SSSR count). The van der Waals surface area contributed by atoms with Gasteiger partial charge in [0.25, 0.3) is 0 Å². The lowest BCUT2D eigenvalue weighted by Crippen LogP contribution is -2.50. The summed E-state index contributed by atoms with van der Waals surface area (Å²) in [5.74, 6) is -0.0138. The van der Waals surface area contributed by atoms with Crippen molar-refractivity contribution in [3.8, 4) is 0 Å². The molecule has 1 fully saturated rings. The number of nitrogens with two attached hydrogens (primary N) is 2. The lowest BCUT2D eigenvalue weighted by Gasteiger charge is -2.36. The van der Waals surface area contributed by atoms with E-state index in [0.717, 1.165) is 24.3 Å². The second-order valence-corrected chi connectivity index (χ2v) is 5.01. The van der Waals surface area contributed by atoms with E-state index in [1.165, 1.54) is 0 Å². The molecule has 21 heavy (non-hydrogen) atoms. The minimum atomic E-state index is -0.0280. The molecular formula is C14H22N6O. The summed E-state index contributed by atoms with van der Waals surface area (Å²) >= 11 is 0. The number of nitrogens with one attached hydrogen (secondary N) is 2. The normalized spacial score (nSPS) is 14.9. The molecule has 1 heterocycles. The molecule has 1 aromatic rings. The van der Waals surface area contributed by atoms with E-state index in [2.05, 4.69) is 22.3 Å². The van der Waals surface area contributed by atoms with Crippen LogP contribution in [0.2, 0.25) is 0 Å². The fraction of sp³-hybridized carbons (Fsp3) is 0.429. The third-order valence-corrected chi connectivity index (χ3v) is 3.59. The monoisotopic (exact) mass is 290 g/mol. The fourth-order valence-electron chi connectivity index (χ4n) is 2.37. The first-order valence-electron chi connectivity index (χ1n) is 7.00. The smallest absolute Gasteiger partial charge is 0.236 e. The molecule has 0 atom stereocenters. The van der Waals surface area contributed by atoms with Crippen molar-refractivity contribution in [2.75, 3.05) is 37.6 Å². The van der Waals surface area contributed by atoms with E-state index in [4.69, 9.17) is 16.9 Å². The van der Waals surface area contributed by atoms with Crippen molar-refractivity contribution >= 4 is 17.6 Å². The van der Waals surface area contributed by atoms with Gasteiger partial charge in [0, 0.05) is 38.4 Å². The summed E-state index contributed by atoms with van der Waals surface area (Å²) in [6.45, 7) is 3.69. The summed E-state index contributed by atoms with van der Waals surface area (Å²) in [6.07, 6.45) is 0. The first kappa shape index (κ1) is 15.1. The van der Waals surface area contributed by atoms with E-state index in [-0.39, 0.29) is 18.4 Å². The molecule has 0 aliphatic carbocycles. The topological polar surface area (TPSA) is 111 Å². The van der Waals surface area contributed by atoms with Crippen molar-refractivity contribution in [1.82, 2.24) is 10.2 Å². The number of rotatable bonds is 4. The lowest BCUT2D eigenvalue weighted by molar-refractivity contribution is -0.129. The Morgan fingerprint density at radius 2 is 1.81 bits per heavy atom. The molecule has 6 N–H and O–H groups in total. The van der Waals surface area contributed by atoms with Gasteiger partial charge in [-0.25, -0.2) is 0 Å². The van der Waals surface area contributed by atoms with Gasteiger partial charge < -0.3 is 26.6 Å². The zero-order valence-electron chi connectivity index (χ0n) is 12.0. The summed E-state index contributed by atoms with van der Waals surface area (Å²) in [5.41, 5.74) is 12.9. The van der Waals surface area contributed by atoms with E-state index in [1.807, 2.05) is 17.0 Å². The largest absolute Gasteiger partial charge is 0.370 e. The van der Waals surface area contributed by atoms with E-state index < -0.39 is 0 Å². The van der Waals surface area contributed by atoms with Gasteiger partial charge in [-0.15, -0.1) is 0 Å². The molecule has 1 aromatic carbocycles. The first-order chi connectivity index (χ1) is 10.1. The molecule has 0 unspecified atom stereocenters. The van der Waals surface area contributed by atoms with Gasteiger partial charge in [-0.05, 0) is 17.7 Å². The molecule has 0 saturated carbocycles. The Labute approximate surface area is 124 Å². The predicted molar refractivity (Wildman–Crippen MR) is 83.0 cm³/mol. The van der Waals surface area contributed by atoms with Crippen molar-refractivity contribution in [1.29, 1.82) is 5.41 Å². The minimum absolute atomic E-state index is 0.0142. The first-order valence-corrected chi connectivity index (χ1v) is 7.00. The molecule has 7 nitrogen and oxygen atoms in total. The third kappa shape index (κ3) is 4.09.